The van der Waals surface area contributed by atoms with Crippen LogP contribution in [0.2, 0.25) is 0 Å². The van der Waals surface area contributed by atoms with Crippen LogP contribution in [-0.2, 0) is 4.79 Å². The molecule has 0 fully saturated rings. The van der Waals surface area contributed by atoms with Crippen molar-refractivity contribution in [3.8, 4) is 17.1 Å². The van der Waals surface area contributed by atoms with E-state index in [2.05, 4.69) is 20.7 Å². The Labute approximate surface area is 182 Å². The molecule has 4 rings (SSSR count). The molecule has 0 bridgehead atoms. The van der Waals surface area contributed by atoms with E-state index in [9.17, 15) is 9.18 Å². The Hall–Kier alpha value is -3.46. The molecule has 158 valence electrons. The fraction of sp³-hybridized carbons (Fsp3) is 0.182. The molecule has 9 heteroatoms. The van der Waals surface area contributed by atoms with Gasteiger partial charge in [-0.05, 0) is 49.7 Å². The number of hydrogen-bond donors (Lipinski definition) is 1. The van der Waals surface area contributed by atoms with Crippen molar-refractivity contribution in [2.75, 3.05) is 5.32 Å². The molecular formula is C22H20FN5O2S. The number of benzene rings is 2. The average molecular weight is 438 g/mol. The topological polar surface area (TPSA) is 85.8 Å². The lowest BCUT2D eigenvalue weighted by atomic mass is 10.2. The number of anilines is 1. The number of halogens is 1. The van der Waals surface area contributed by atoms with Crippen molar-refractivity contribution in [2.45, 2.75) is 30.7 Å². The smallest absolute Gasteiger partial charge is 0.239 e. The van der Waals surface area contributed by atoms with Gasteiger partial charge in [-0.2, -0.15) is 0 Å². The number of thioether (sulfide) groups is 1. The quantitative estimate of drug-likeness (QED) is 0.415. The molecule has 0 saturated heterocycles. The zero-order valence-electron chi connectivity index (χ0n) is 16.9. The van der Waals surface area contributed by atoms with Gasteiger partial charge in [0.15, 0.2) is 16.8 Å². The molecule has 1 amide bonds. The van der Waals surface area contributed by atoms with Gasteiger partial charge in [-0.25, -0.2) is 4.39 Å². The normalized spacial score (nSPS) is 12.0. The fourth-order valence-electron chi connectivity index (χ4n) is 3.02. The number of aryl methyl sites for hydroxylation is 1. The van der Waals surface area contributed by atoms with E-state index >= 15 is 0 Å². The van der Waals surface area contributed by atoms with E-state index in [1.807, 2.05) is 41.8 Å². The Morgan fingerprint density at radius 2 is 1.90 bits per heavy atom. The van der Waals surface area contributed by atoms with Gasteiger partial charge >= 0.3 is 0 Å². The van der Waals surface area contributed by atoms with Gasteiger partial charge in [0.05, 0.1) is 5.25 Å². The van der Waals surface area contributed by atoms with Gasteiger partial charge in [0, 0.05) is 17.3 Å². The molecule has 1 N–H and O–H groups in total. The van der Waals surface area contributed by atoms with Gasteiger partial charge < -0.3 is 9.84 Å². The highest BCUT2D eigenvalue weighted by Crippen LogP contribution is 2.31. The van der Waals surface area contributed by atoms with E-state index in [1.165, 1.54) is 23.9 Å². The number of nitrogens with zero attached hydrogens (tertiary/aromatic N) is 4. The van der Waals surface area contributed by atoms with E-state index in [4.69, 9.17) is 4.52 Å². The number of para-hydroxylation sites is 1. The third kappa shape index (κ3) is 4.66. The van der Waals surface area contributed by atoms with Crippen molar-refractivity contribution < 1.29 is 13.7 Å². The van der Waals surface area contributed by atoms with Crippen LogP contribution in [0.5, 0.6) is 0 Å². The molecule has 0 aliphatic heterocycles. The first-order valence-electron chi connectivity index (χ1n) is 9.72. The zero-order valence-corrected chi connectivity index (χ0v) is 17.8. The van der Waals surface area contributed by atoms with Gasteiger partial charge in [-0.15, -0.1) is 10.2 Å². The monoisotopic (exact) mass is 437 g/mol. The standard InChI is InChI=1S/C22H20FN5O2S/c1-3-18(21(29)24-19-13-14(2)30-27-19)31-22-26-25-20(15-9-11-16(23)12-10-15)28(22)17-7-5-4-6-8-17/h4-13,18H,3H2,1-2H3,(H,24,27,29). The molecular weight excluding hydrogens is 417 g/mol. The number of aromatic nitrogens is 4. The zero-order chi connectivity index (χ0) is 21.8. The lowest BCUT2D eigenvalue weighted by Gasteiger charge is -2.15. The van der Waals surface area contributed by atoms with Crippen LogP contribution in [0.25, 0.3) is 17.1 Å². The van der Waals surface area contributed by atoms with E-state index < -0.39 is 5.25 Å². The second-order valence-corrected chi connectivity index (χ2v) is 7.98. The summed E-state index contributed by atoms with van der Waals surface area (Å²) in [6, 6.07) is 17.3. The second-order valence-electron chi connectivity index (χ2n) is 6.81. The van der Waals surface area contributed by atoms with Crippen LogP contribution in [-0.4, -0.2) is 31.1 Å². The van der Waals surface area contributed by atoms with Crippen molar-refractivity contribution in [3.63, 3.8) is 0 Å². The first-order chi connectivity index (χ1) is 15.0. The Morgan fingerprint density at radius 3 is 2.55 bits per heavy atom. The van der Waals surface area contributed by atoms with Crippen LogP contribution < -0.4 is 5.32 Å². The van der Waals surface area contributed by atoms with Crippen molar-refractivity contribution in [1.82, 2.24) is 19.9 Å². The third-order valence-electron chi connectivity index (χ3n) is 4.54. The Bertz CT molecular complexity index is 1170. The maximum atomic E-state index is 13.4. The molecule has 0 aliphatic rings. The summed E-state index contributed by atoms with van der Waals surface area (Å²) in [6.45, 7) is 3.68. The molecule has 31 heavy (non-hydrogen) atoms. The molecule has 0 saturated carbocycles. The minimum Gasteiger partial charge on any atom is -0.360 e. The van der Waals surface area contributed by atoms with E-state index in [1.54, 1.807) is 25.1 Å². The van der Waals surface area contributed by atoms with Crippen LogP contribution in [0, 0.1) is 12.7 Å². The summed E-state index contributed by atoms with van der Waals surface area (Å²) in [4.78, 5) is 12.8. The fourth-order valence-corrected chi connectivity index (χ4v) is 4.00. The highest BCUT2D eigenvalue weighted by Gasteiger charge is 2.24. The summed E-state index contributed by atoms with van der Waals surface area (Å²) in [6.07, 6.45) is 0.570. The van der Waals surface area contributed by atoms with Gasteiger partial charge in [0.2, 0.25) is 5.91 Å². The largest absolute Gasteiger partial charge is 0.360 e. The minimum atomic E-state index is -0.426. The first-order valence-corrected chi connectivity index (χ1v) is 10.6. The predicted molar refractivity (Wildman–Crippen MR) is 117 cm³/mol. The lowest BCUT2D eigenvalue weighted by Crippen LogP contribution is -2.25. The van der Waals surface area contributed by atoms with Crippen LogP contribution in [0.3, 0.4) is 0 Å². The van der Waals surface area contributed by atoms with Crippen molar-refractivity contribution in [3.05, 3.63) is 72.2 Å². The lowest BCUT2D eigenvalue weighted by molar-refractivity contribution is -0.115. The van der Waals surface area contributed by atoms with Crippen LogP contribution in [0.1, 0.15) is 19.1 Å². The molecule has 2 heterocycles. The molecule has 1 atom stereocenters. The average Bonchev–Trinajstić information content (AvgIpc) is 3.39. The van der Waals surface area contributed by atoms with E-state index in [-0.39, 0.29) is 11.7 Å². The Morgan fingerprint density at radius 1 is 1.16 bits per heavy atom. The second kappa shape index (κ2) is 9.13. The third-order valence-corrected chi connectivity index (χ3v) is 5.85. The number of rotatable bonds is 7. The summed E-state index contributed by atoms with van der Waals surface area (Å²) in [5.41, 5.74) is 1.57. The Kier molecular flexibility index (Phi) is 6.13. The van der Waals surface area contributed by atoms with Crippen LogP contribution in [0.4, 0.5) is 10.2 Å². The van der Waals surface area contributed by atoms with E-state index in [0.29, 0.717) is 29.0 Å². The highest BCUT2D eigenvalue weighted by molar-refractivity contribution is 8.00. The number of hydrogen-bond acceptors (Lipinski definition) is 6. The summed E-state index contributed by atoms with van der Waals surface area (Å²) < 4.78 is 20.3. The minimum absolute atomic E-state index is 0.202. The molecule has 0 spiro atoms. The van der Waals surface area contributed by atoms with E-state index in [0.717, 1.165) is 11.3 Å². The summed E-state index contributed by atoms with van der Waals surface area (Å²) in [7, 11) is 0. The van der Waals surface area contributed by atoms with Crippen LogP contribution in [0.15, 0.2) is 70.3 Å². The van der Waals surface area contributed by atoms with Crippen molar-refractivity contribution in [2.24, 2.45) is 0 Å². The summed E-state index contributed by atoms with van der Waals surface area (Å²) in [5, 5.41) is 15.4. The summed E-state index contributed by atoms with van der Waals surface area (Å²) >= 11 is 1.31. The molecule has 7 nitrogen and oxygen atoms in total. The number of carbonyl (C=O) groups is 1. The summed E-state index contributed by atoms with van der Waals surface area (Å²) in [5.74, 6) is 1.03. The molecule has 0 radical (unpaired) electrons. The Balaban J connectivity index is 1.67. The van der Waals surface area contributed by atoms with Crippen molar-refractivity contribution >= 4 is 23.5 Å². The molecule has 1 unspecified atom stereocenters. The van der Waals surface area contributed by atoms with Gasteiger partial charge in [-0.3, -0.25) is 9.36 Å². The first kappa shape index (κ1) is 20.8. The van der Waals surface area contributed by atoms with Gasteiger partial charge in [0.1, 0.15) is 11.6 Å². The number of nitrogens with one attached hydrogen (secondary N) is 1. The molecule has 2 aromatic heterocycles. The number of carbonyl (C=O) groups excluding carboxylic acids is 1. The maximum Gasteiger partial charge on any atom is 0.239 e. The predicted octanol–water partition coefficient (Wildman–Crippen LogP) is 4.88. The molecule has 0 aliphatic carbocycles. The maximum absolute atomic E-state index is 13.4. The molecule has 2 aromatic carbocycles. The van der Waals surface area contributed by atoms with Gasteiger partial charge in [0.25, 0.3) is 0 Å². The number of amides is 1. The highest BCUT2D eigenvalue weighted by atomic mass is 32.2. The SMILES string of the molecule is CCC(Sc1nnc(-c2ccc(F)cc2)n1-c1ccccc1)C(=O)Nc1cc(C)on1. The van der Waals surface area contributed by atoms with Gasteiger partial charge in [-0.1, -0.05) is 42.0 Å². The van der Waals surface area contributed by atoms with Crippen molar-refractivity contribution in [1.29, 1.82) is 0 Å². The molecule has 4 aromatic rings. The van der Waals surface area contributed by atoms with Crippen LogP contribution >= 0.6 is 11.8 Å².